The van der Waals surface area contributed by atoms with Crippen LogP contribution >= 0.6 is 11.8 Å². The highest BCUT2D eigenvalue weighted by atomic mass is 32.2. The zero-order chi connectivity index (χ0) is 22.1. The number of anilines is 1. The van der Waals surface area contributed by atoms with E-state index >= 15 is 0 Å². The van der Waals surface area contributed by atoms with Gasteiger partial charge in [0.05, 0.1) is 31.3 Å². The maximum atomic E-state index is 12.4. The van der Waals surface area contributed by atoms with Gasteiger partial charge in [-0.25, -0.2) is 0 Å². The summed E-state index contributed by atoms with van der Waals surface area (Å²) in [5.74, 6) is 0.984. The third-order valence-electron chi connectivity index (χ3n) is 4.14. The number of methoxy groups -OCH3 is 1. The molecular formula is C21H22N6O3S. The fraction of sp³-hybridized carbons (Fsp3) is 0.190. The first-order valence-electron chi connectivity index (χ1n) is 9.38. The van der Waals surface area contributed by atoms with Gasteiger partial charge in [0.2, 0.25) is 5.91 Å². The van der Waals surface area contributed by atoms with Crippen molar-refractivity contribution in [2.24, 2.45) is 0 Å². The molecule has 31 heavy (non-hydrogen) atoms. The van der Waals surface area contributed by atoms with E-state index in [4.69, 9.17) is 4.74 Å². The van der Waals surface area contributed by atoms with E-state index < -0.39 is 0 Å². The van der Waals surface area contributed by atoms with Gasteiger partial charge in [0.25, 0.3) is 5.91 Å². The molecule has 0 aliphatic carbocycles. The topological polar surface area (TPSA) is 111 Å². The van der Waals surface area contributed by atoms with E-state index in [-0.39, 0.29) is 24.1 Å². The number of nitrogens with zero attached hydrogens (tertiary/aromatic N) is 4. The third kappa shape index (κ3) is 6.16. The van der Waals surface area contributed by atoms with Crippen molar-refractivity contribution in [1.29, 1.82) is 0 Å². The van der Waals surface area contributed by atoms with Crippen molar-refractivity contribution in [2.45, 2.75) is 18.2 Å². The standard InChI is InChI=1S/C21H22N6O3S/c1-3-11-27-18(13-23-20(29)15-6-8-17(30-2)9-7-15)25-26-21(27)31-14-19(28)24-16-5-4-10-22-12-16/h3-10,12H,1,11,13-14H2,2H3,(H,23,29)(H,24,28). The monoisotopic (exact) mass is 438 g/mol. The predicted octanol–water partition coefficient (Wildman–Crippen LogP) is 2.53. The van der Waals surface area contributed by atoms with Gasteiger partial charge >= 0.3 is 0 Å². The van der Waals surface area contributed by atoms with Crippen LogP contribution in [0.2, 0.25) is 0 Å². The van der Waals surface area contributed by atoms with Crippen LogP contribution in [0.3, 0.4) is 0 Å². The van der Waals surface area contributed by atoms with Crippen LogP contribution in [0.25, 0.3) is 0 Å². The Kier molecular flexibility index (Phi) is 7.77. The molecule has 3 aromatic rings. The Morgan fingerprint density at radius 1 is 1.23 bits per heavy atom. The summed E-state index contributed by atoms with van der Waals surface area (Å²) in [4.78, 5) is 28.5. The molecule has 0 saturated carbocycles. The first-order chi connectivity index (χ1) is 15.1. The van der Waals surface area contributed by atoms with E-state index in [1.54, 1.807) is 62.0 Å². The Labute approximate surface area is 183 Å². The molecule has 2 N–H and O–H groups in total. The number of carbonyl (C=O) groups excluding carboxylic acids is 2. The second kappa shape index (κ2) is 10.9. The van der Waals surface area contributed by atoms with Crippen molar-refractivity contribution in [3.8, 4) is 5.75 Å². The molecule has 10 heteroatoms. The van der Waals surface area contributed by atoms with Gasteiger partial charge in [0.1, 0.15) is 5.75 Å². The average Bonchev–Trinajstić information content (AvgIpc) is 3.18. The summed E-state index contributed by atoms with van der Waals surface area (Å²) < 4.78 is 6.91. The lowest BCUT2D eigenvalue weighted by Gasteiger charge is -2.09. The molecule has 2 heterocycles. The van der Waals surface area contributed by atoms with E-state index in [9.17, 15) is 9.59 Å². The molecule has 0 aliphatic rings. The van der Waals surface area contributed by atoms with Crippen LogP contribution in [0.1, 0.15) is 16.2 Å². The van der Waals surface area contributed by atoms with E-state index in [0.29, 0.717) is 34.5 Å². The summed E-state index contributed by atoms with van der Waals surface area (Å²) in [6, 6.07) is 10.3. The molecule has 0 atom stereocenters. The molecule has 3 rings (SSSR count). The van der Waals surface area contributed by atoms with Gasteiger partial charge in [-0.3, -0.25) is 14.6 Å². The number of thioether (sulfide) groups is 1. The van der Waals surface area contributed by atoms with Crippen molar-refractivity contribution in [3.63, 3.8) is 0 Å². The van der Waals surface area contributed by atoms with Crippen molar-refractivity contribution >= 4 is 29.3 Å². The summed E-state index contributed by atoms with van der Waals surface area (Å²) in [5, 5.41) is 14.5. The summed E-state index contributed by atoms with van der Waals surface area (Å²) in [6.45, 7) is 4.40. The maximum Gasteiger partial charge on any atom is 0.251 e. The number of hydrogen-bond acceptors (Lipinski definition) is 7. The Hall–Kier alpha value is -3.66. The van der Waals surface area contributed by atoms with Crippen LogP contribution < -0.4 is 15.4 Å². The summed E-state index contributed by atoms with van der Waals surface area (Å²) in [7, 11) is 1.57. The van der Waals surface area contributed by atoms with Gasteiger partial charge in [0.15, 0.2) is 11.0 Å². The normalized spacial score (nSPS) is 10.4. The minimum absolute atomic E-state index is 0.155. The first kappa shape index (κ1) is 22.0. The lowest BCUT2D eigenvalue weighted by Crippen LogP contribution is -2.24. The zero-order valence-electron chi connectivity index (χ0n) is 16.9. The lowest BCUT2D eigenvalue weighted by atomic mass is 10.2. The average molecular weight is 439 g/mol. The molecule has 0 spiro atoms. The van der Waals surface area contributed by atoms with E-state index in [1.165, 1.54) is 11.8 Å². The Morgan fingerprint density at radius 3 is 2.71 bits per heavy atom. The second-order valence-corrected chi connectivity index (χ2v) is 7.23. The fourth-order valence-corrected chi connectivity index (χ4v) is 3.40. The third-order valence-corrected chi connectivity index (χ3v) is 5.11. The van der Waals surface area contributed by atoms with Crippen LogP contribution in [-0.2, 0) is 17.9 Å². The van der Waals surface area contributed by atoms with E-state index in [1.807, 2.05) is 4.57 Å². The molecule has 0 radical (unpaired) electrons. The quantitative estimate of drug-likeness (QED) is 0.370. The van der Waals surface area contributed by atoms with Crippen molar-refractivity contribution in [3.05, 3.63) is 72.8 Å². The first-order valence-corrected chi connectivity index (χ1v) is 10.4. The van der Waals surface area contributed by atoms with Gasteiger partial charge in [0, 0.05) is 18.3 Å². The number of carbonyl (C=O) groups is 2. The molecule has 0 saturated heterocycles. The minimum atomic E-state index is -0.235. The number of aromatic nitrogens is 4. The molecule has 2 amide bonds. The SMILES string of the molecule is C=CCn1c(CNC(=O)c2ccc(OC)cc2)nnc1SCC(=O)Nc1cccnc1. The van der Waals surface area contributed by atoms with Crippen LogP contribution in [0.15, 0.2) is 66.6 Å². The van der Waals surface area contributed by atoms with Gasteiger partial charge in [-0.1, -0.05) is 17.8 Å². The highest BCUT2D eigenvalue weighted by Crippen LogP contribution is 2.18. The second-order valence-electron chi connectivity index (χ2n) is 6.29. The summed E-state index contributed by atoms with van der Waals surface area (Å²) in [5.41, 5.74) is 1.14. The predicted molar refractivity (Wildman–Crippen MR) is 118 cm³/mol. The molecule has 9 nitrogen and oxygen atoms in total. The molecular weight excluding hydrogens is 416 g/mol. The number of amides is 2. The zero-order valence-corrected chi connectivity index (χ0v) is 17.8. The number of nitrogens with one attached hydrogen (secondary N) is 2. The number of ether oxygens (including phenoxy) is 1. The van der Waals surface area contributed by atoms with E-state index in [0.717, 1.165) is 0 Å². The van der Waals surface area contributed by atoms with Crippen molar-refractivity contribution in [2.75, 3.05) is 18.2 Å². The van der Waals surface area contributed by atoms with Crippen LogP contribution in [-0.4, -0.2) is 44.4 Å². The van der Waals surface area contributed by atoms with Crippen molar-refractivity contribution < 1.29 is 14.3 Å². The number of benzene rings is 1. The lowest BCUT2D eigenvalue weighted by molar-refractivity contribution is -0.113. The molecule has 0 fully saturated rings. The minimum Gasteiger partial charge on any atom is -0.497 e. The van der Waals surface area contributed by atoms with Crippen LogP contribution in [0.4, 0.5) is 5.69 Å². The molecule has 0 bridgehead atoms. The largest absolute Gasteiger partial charge is 0.497 e. The Morgan fingerprint density at radius 2 is 2.03 bits per heavy atom. The fourth-order valence-electron chi connectivity index (χ4n) is 2.64. The molecule has 160 valence electrons. The number of allylic oxidation sites excluding steroid dienone is 1. The molecule has 0 unspecified atom stereocenters. The molecule has 0 aliphatic heterocycles. The molecule has 2 aromatic heterocycles. The van der Waals surface area contributed by atoms with Gasteiger partial charge in [-0.15, -0.1) is 16.8 Å². The van der Waals surface area contributed by atoms with Crippen LogP contribution in [0, 0.1) is 0 Å². The van der Waals surface area contributed by atoms with Crippen LogP contribution in [0.5, 0.6) is 5.75 Å². The van der Waals surface area contributed by atoms with E-state index in [2.05, 4.69) is 32.4 Å². The summed E-state index contributed by atoms with van der Waals surface area (Å²) >= 11 is 1.25. The number of rotatable bonds is 10. The Bertz CT molecular complexity index is 1040. The highest BCUT2D eigenvalue weighted by molar-refractivity contribution is 7.99. The maximum absolute atomic E-state index is 12.4. The summed E-state index contributed by atoms with van der Waals surface area (Å²) in [6.07, 6.45) is 4.92. The smallest absolute Gasteiger partial charge is 0.251 e. The highest BCUT2D eigenvalue weighted by Gasteiger charge is 2.15. The molecule has 1 aromatic carbocycles. The van der Waals surface area contributed by atoms with Crippen molar-refractivity contribution in [1.82, 2.24) is 25.1 Å². The number of hydrogen-bond donors (Lipinski definition) is 2. The van der Waals surface area contributed by atoms with Gasteiger partial charge < -0.3 is 19.9 Å². The van der Waals surface area contributed by atoms with Gasteiger partial charge in [-0.05, 0) is 36.4 Å². The number of pyridine rings is 1. The van der Waals surface area contributed by atoms with Gasteiger partial charge in [-0.2, -0.15) is 0 Å². The Balaban J connectivity index is 1.59.